The second-order valence-electron chi connectivity index (χ2n) is 6.88. The smallest absolute Gasteiger partial charge is 0.162 e. The molecule has 5 heteroatoms. The number of aromatic nitrogens is 3. The van der Waals surface area contributed by atoms with Crippen molar-refractivity contribution in [3.8, 4) is 5.00 Å². The zero-order valence-corrected chi connectivity index (χ0v) is 16.3. The van der Waals surface area contributed by atoms with Crippen molar-refractivity contribution in [1.29, 1.82) is 0 Å². The zero-order chi connectivity index (χ0) is 17.9. The lowest BCUT2D eigenvalue weighted by Gasteiger charge is -2.12. The van der Waals surface area contributed by atoms with Crippen molar-refractivity contribution in [3.63, 3.8) is 0 Å². The normalized spacial score (nSPS) is 16.2. The molecule has 1 aliphatic heterocycles. The third-order valence-corrected chi connectivity index (χ3v) is 6.18. The van der Waals surface area contributed by atoms with Gasteiger partial charge in [-0.15, -0.1) is 21.5 Å². The average molecular weight is 350 g/mol. The number of rotatable bonds is 1. The van der Waals surface area contributed by atoms with Crippen LogP contribution in [-0.4, -0.2) is 20.5 Å². The Bertz CT molecular complexity index is 1020. The van der Waals surface area contributed by atoms with Crippen LogP contribution in [0, 0.1) is 34.6 Å². The summed E-state index contributed by atoms with van der Waals surface area (Å²) in [6, 6.07) is 6.56. The summed E-state index contributed by atoms with van der Waals surface area (Å²) >= 11 is 1.80. The Morgan fingerprint density at radius 1 is 1.04 bits per heavy atom. The predicted molar refractivity (Wildman–Crippen MR) is 103 cm³/mol. The minimum Gasteiger partial charge on any atom is -0.273 e. The van der Waals surface area contributed by atoms with Crippen molar-refractivity contribution < 1.29 is 0 Å². The summed E-state index contributed by atoms with van der Waals surface area (Å²) in [5, 5.41) is 9.91. The monoisotopic (exact) mass is 350 g/mol. The van der Waals surface area contributed by atoms with Crippen molar-refractivity contribution >= 4 is 17.0 Å². The average Bonchev–Trinajstić information content (AvgIpc) is 3.02. The van der Waals surface area contributed by atoms with E-state index in [0.717, 1.165) is 17.4 Å². The molecule has 0 aliphatic carbocycles. The fourth-order valence-corrected chi connectivity index (χ4v) is 4.76. The van der Waals surface area contributed by atoms with E-state index >= 15 is 0 Å². The fraction of sp³-hybridized carbons (Fsp3) is 0.350. The SMILES string of the molecule is Cc1ccc(C2=N[C@@H](C)c3nnc(C)n3-c3sc(C)c(C)c32)c(C)c1. The first kappa shape index (κ1) is 16.2. The molecular weight excluding hydrogens is 328 g/mol. The van der Waals surface area contributed by atoms with Crippen LogP contribution in [0.15, 0.2) is 23.2 Å². The van der Waals surface area contributed by atoms with Crippen LogP contribution in [-0.2, 0) is 0 Å². The maximum atomic E-state index is 5.11. The lowest BCUT2D eigenvalue weighted by Crippen LogP contribution is -2.09. The van der Waals surface area contributed by atoms with Crippen LogP contribution >= 0.6 is 11.3 Å². The van der Waals surface area contributed by atoms with Gasteiger partial charge in [-0.05, 0) is 52.7 Å². The van der Waals surface area contributed by atoms with E-state index < -0.39 is 0 Å². The van der Waals surface area contributed by atoms with E-state index in [2.05, 4.69) is 67.6 Å². The third kappa shape index (κ3) is 2.37. The van der Waals surface area contributed by atoms with Gasteiger partial charge in [-0.1, -0.05) is 23.8 Å². The Morgan fingerprint density at radius 2 is 1.80 bits per heavy atom. The Hall–Kier alpha value is -2.27. The highest BCUT2D eigenvalue weighted by Gasteiger charge is 2.29. The molecule has 0 bridgehead atoms. The number of hydrogen-bond donors (Lipinski definition) is 0. The topological polar surface area (TPSA) is 43.1 Å². The summed E-state index contributed by atoms with van der Waals surface area (Å²) in [5.74, 6) is 1.83. The van der Waals surface area contributed by atoms with E-state index in [0.29, 0.717) is 0 Å². The van der Waals surface area contributed by atoms with E-state index in [-0.39, 0.29) is 6.04 Å². The van der Waals surface area contributed by atoms with Gasteiger partial charge >= 0.3 is 0 Å². The second kappa shape index (κ2) is 5.63. The molecule has 0 fully saturated rings. The predicted octanol–water partition coefficient (Wildman–Crippen LogP) is 4.78. The van der Waals surface area contributed by atoms with Crippen molar-refractivity contribution in [2.45, 2.75) is 47.6 Å². The maximum absolute atomic E-state index is 5.11. The first-order chi connectivity index (χ1) is 11.9. The summed E-state index contributed by atoms with van der Waals surface area (Å²) in [4.78, 5) is 6.42. The fourth-order valence-electron chi connectivity index (χ4n) is 3.54. The Kier molecular flexibility index (Phi) is 3.65. The largest absolute Gasteiger partial charge is 0.273 e. The molecule has 0 spiro atoms. The summed E-state index contributed by atoms with van der Waals surface area (Å²) < 4.78 is 2.19. The van der Waals surface area contributed by atoms with E-state index in [9.17, 15) is 0 Å². The van der Waals surface area contributed by atoms with Gasteiger partial charge in [0.1, 0.15) is 16.9 Å². The van der Waals surface area contributed by atoms with Gasteiger partial charge in [0.05, 0.1) is 5.71 Å². The lowest BCUT2D eigenvalue weighted by atomic mass is 9.95. The van der Waals surface area contributed by atoms with Crippen LogP contribution in [0.25, 0.3) is 5.00 Å². The lowest BCUT2D eigenvalue weighted by molar-refractivity contribution is 0.724. The highest BCUT2D eigenvalue weighted by atomic mass is 32.1. The molecule has 3 heterocycles. The van der Waals surface area contributed by atoms with Gasteiger partial charge in [0.25, 0.3) is 0 Å². The van der Waals surface area contributed by atoms with Crippen LogP contribution < -0.4 is 0 Å². The van der Waals surface area contributed by atoms with Crippen LogP contribution in [0.2, 0.25) is 0 Å². The molecule has 0 saturated carbocycles. The Balaban J connectivity index is 2.07. The van der Waals surface area contributed by atoms with Gasteiger partial charge in [-0.2, -0.15) is 0 Å². The highest BCUT2D eigenvalue weighted by molar-refractivity contribution is 7.15. The number of nitrogens with zero attached hydrogens (tertiary/aromatic N) is 4. The van der Waals surface area contributed by atoms with Crippen molar-refractivity contribution in [3.05, 3.63) is 62.5 Å². The Labute approximate surface area is 152 Å². The molecule has 1 aromatic carbocycles. The molecular formula is C20H22N4S. The van der Waals surface area contributed by atoms with Crippen molar-refractivity contribution in [2.24, 2.45) is 4.99 Å². The zero-order valence-electron chi connectivity index (χ0n) is 15.5. The van der Waals surface area contributed by atoms with Gasteiger partial charge in [0, 0.05) is 16.0 Å². The van der Waals surface area contributed by atoms with Crippen LogP contribution in [0.4, 0.5) is 0 Å². The minimum atomic E-state index is -0.0313. The number of fused-ring (bicyclic) bond motifs is 3. The van der Waals surface area contributed by atoms with Gasteiger partial charge in [-0.25, -0.2) is 0 Å². The summed E-state index contributed by atoms with van der Waals surface area (Å²) in [7, 11) is 0. The van der Waals surface area contributed by atoms with E-state index in [1.165, 1.54) is 37.7 Å². The molecule has 128 valence electrons. The van der Waals surface area contributed by atoms with Gasteiger partial charge in [0.2, 0.25) is 0 Å². The van der Waals surface area contributed by atoms with Gasteiger partial charge < -0.3 is 0 Å². The molecule has 1 atom stereocenters. The van der Waals surface area contributed by atoms with Crippen molar-refractivity contribution in [1.82, 2.24) is 14.8 Å². The van der Waals surface area contributed by atoms with Gasteiger partial charge in [0.15, 0.2) is 5.82 Å². The summed E-state index contributed by atoms with van der Waals surface area (Å²) in [6.45, 7) is 12.8. The summed E-state index contributed by atoms with van der Waals surface area (Å²) in [5.41, 5.74) is 7.34. The van der Waals surface area contributed by atoms with E-state index in [1.807, 2.05) is 6.92 Å². The maximum Gasteiger partial charge on any atom is 0.162 e. The molecule has 25 heavy (non-hydrogen) atoms. The standard InChI is InChI=1S/C20H22N4S/c1-10-7-8-16(11(2)9-10)18-17-12(3)14(5)25-20(17)24-15(6)22-23-19(24)13(4)21-18/h7-9,13H,1-6H3/t13-/m0/s1. The number of aliphatic imine (C=N–C) groups is 1. The third-order valence-electron chi connectivity index (χ3n) is 4.99. The summed E-state index contributed by atoms with van der Waals surface area (Å²) in [6.07, 6.45) is 0. The minimum absolute atomic E-state index is 0.0313. The highest BCUT2D eigenvalue weighted by Crippen LogP contribution is 2.38. The molecule has 0 radical (unpaired) electrons. The molecule has 3 aromatic rings. The molecule has 4 rings (SSSR count). The number of aryl methyl sites for hydroxylation is 4. The van der Waals surface area contributed by atoms with Crippen LogP contribution in [0.3, 0.4) is 0 Å². The second-order valence-corrected chi connectivity index (χ2v) is 8.08. The molecule has 0 amide bonds. The number of hydrogen-bond acceptors (Lipinski definition) is 4. The molecule has 0 saturated heterocycles. The van der Waals surface area contributed by atoms with E-state index in [4.69, 9.17) is 4.99 Å². The van der Waals surface area contributed by atoms with Crippen LogP contribution in [0.1, 0.15) is 57.3 Å². The van der Waals surface area contributed by atoms with Gasteiger partial charge in [-0.3, -0.25) is 9.56 Å². The molecule has 4 nitrogen and oxygen atoms in total. The molecule has 2 aromatic heterocycles. The first-order valence-corrected chi connectivity index (χ1v) is 9.38. The first-order valence-electron chi connectivity index (χ1n) is 8.56. The molecule has 0 N–H and O–H groups in total. The molecule has 1 aliphatic rings. The van der Waals surface area contributed by atoms with E-state index in [1.54, 1.807) is 11.3 Å². The number of benzene rings is 1. The quantitative estimate of drug-likeness (QED) is 0.634. The molecule has 0 unspecified atom stereocenters. The Morgan fingerprint density at radius 3 is 2.52 bits per heavy atom. The van der Waals surface area contributed by atoms with Crippen LogP contribution in [0.5, 0.6) is 0 Å². The number of thiophene rings is 1. The van der Waals surface area contributed by atoms with Crippen molar-refractivity contribution in [2.75, 3.05) is 0 Å².